The lowest BCUT2D eigenvalue weighted by molar-refractivity contribution is 0.0977. The minimum absolute atomic E-state index is 0.00543. The van der Waals surface area contributed by atoms with Crippen LogP contribution in [-0.2, 0) is 0 Å². The summed E-state index contributed by atoms with van der Waals surface area (Å²) in [5, 5.41) is 10.7. The minimum atomic E-state index is -0.493. The van der Waals surface area contributed by atoms with Crippen molar-refractivity contribution in [1.29, 1.82) is 0 Å². The SMILES string of the molecule is CCN(CC)c1cccc(Oc2cc(O)c3c(c2N)C(=O)c2ccc(OC)cc2C3=O)c1. The Labute approximate surface area is 186 Å². The van der Waals surface area contributed by atoms with E-state index in [1.165, 1.54) is 25.3 Å². The van der Waals surface area contributed by atoms with Gasteiger partial charge in [-0.3, -0.25) is 9.59 Å². The number of ether oxygens (including phenoxy) is 2. The summed E-state index contributed by atoms with van der Waals surface area (Å²) >= 11 is 0. The van der Waals surface area contributed by atoms with Crippen LogP contribution in [0.15, 0.2) is 48.5 Å². The summed E-state index contributed by atoms with van der Waals surface area (Å²) in [6, 6.07) is 13.3. The van der Waals surface area contributed by atoms with Crippen LogP contribution >= 0.6 is 0 Å². The number of aromatic hydroxyl groups is 1. The van der Waals surface area contributed by atoms with Gasteiger partial charge in [0.05, 0.1) is 23.9 Å². The molecular weight excluding hydrogens is 408 g/mol. The van der Waals surface area contributed by atoms with E-state index >= 15 is 0 Å². The number of anilines is 2. The number of rotatable bonds is 6. The highest BCUT2D eigenvalue weighted by molar-refractivity contribution is 6.31. The van der Waals surface area contributed by atoms with E-state index in [4.69, 9.17) is 15.2 Å². The van der Waals surface area contributed by atoms with Crippen molar-refractivity contribution in [1.82, 2.24) is 0 Å². The Kier molecular flexibility index (Phi) is 5.48. The maximum atomic E-state index is 13.2. The Hall–Kier alpha value is -4.00. The predicted molar refractivity (Wildman–Crippen MR) is 122 cm³/mol. The van der Waals surface area contributed by atoms with Gasteiger partial charge in [0.2, 0.25) is 0 Å². The molecule has 0 saturated heterocycles. The summed E-state index contributed by atoms with van der Waals surface area (Å²) in [5.74, 6) is -0.263. The molecule has 3 N–H and O–H groups in total. The van der Waals surface area contributed by atoms with E-state index in [2.05, 4.69) is 18.7 Å². The Morgan fingerprint density at radius 3 is 2.31 bits per heavy atom. The van der Waals surface area contributed by atoms with Gasteiger partial charge in [-0.2, -0.15) is 0 Å². The van der Waals surface area contributed by atoms with Gasteiger partial charge < -0.3 is 25.2 Å². The smallest absolute Gasteiger partial charge is 0.198 e. The van der Waals surface area contributed by atoms with Gasteiger partial charge in [0, 0.05) is 42.0 Å². The molecule has 0 fully saturated rings. The number of nitrogens with two attached hydrogens (primary N) is 1. The molecule has 0 saturated carbocycles. The first-order valence-corrected chi connectivity index (χ1v) is 10.3. The predicted octanol–water partition coefficient (Wildman–Crippen LogP) is 4.40. The van der Waals surface area contributed by atoms with Crippen molar-refractivity contribution in [2.75, 3.05) is 30.8 Å². The Morgan fingerprint density at radius 1 is 0.906 bits per heavy atom. The maximum Gasteiger partial charge on any atom is 0.198 e. The molecule has 3 aromatic carbocycles. The fraction of sp³-hybridized carbons (Fsp3) is 0.200. The highest BCUT2D eigenvalue weighted by atomic mass is 16.5. The van der Waals surface area contributed by atoms with Gasteiger partial charge >= 0.3 is 0 Å². The van der Waals surface area contributed by atoms with E-state index in [0.29, 0.717) is 11.5 Å². The third-order valence-electron chi connectivity index (χ3n) is 5.65. The van der Waals surface area contributed by atoms with Crippen molar-refractivity contribution in [3.63, 3.8) is 0 Å². The van der Waals surface area contributed by atoms with E-state index in [9.17, 15) is 14.7 Å². The molecule has 1 aliphatic carbocycles. The van der Waals surface area contributed by atoms with Crippen molar-refractivity contribution in [2.24, 2.45) is 0 Å². The number of methoxy groups -OCH3 is 1. The number of benzene rings is 3. The second-order valence-electron chi connectivity index (χ2n) is 7.40. The average molecular weight is 432 g/mol. The molecule has 0 radical (unpaired) electrons. The van der Waals surface area contributed by atoms with Crippen LogP contribution in [0.4, 0.5) is 11.4 Å². The van der Waals surface area contributed by atoms with Crippen LogP contribution in [0.1, 0.15) is 45.7 Å². The van der Waals surface area contributed by atoms with Crippen LogP contribution in [0.2, 0.25) is 0 Å². The highest BCUT2D eigenvalue weighted by Gasteiger charge is 2.35. The third kappa shape index (κ3) is 3.41. The lowest BCUT2D eigenvalue weighted by Crippen LogP contribution is -2.23. The van der Waals surface area contributed by atoms with Crippen molar-refractivity contribution in [3.8, 4) is 23.0 Å². The van der Waals surface area contributed by atoms with Gasteiger partial charge in [-0.1, -0.05) is 6.07 Å². The second-order valence-corrected chi connectivity index (χ2v) is 7.40. The molecule has 4 rings (SSSR count). The first kappa shape index (κ1) is 21.2. The van der Waals surface area contributed by atoms with E-state index < -0.39 is 11.6 Å². The number of carbonyl (C=O) groups is 2. The minimum Gasteiger partial charge on any atom is -0.507 e. The zero-order valence-corrected chi connectivity index (χ0v) is 18.1. The largest absolute Gasteiger partial charge is 0.507 e. The molecule has 0 bridgehead atoms. The monoisotopic (exact) mass is 432 g/mol. The lowest BCUT2D eigenvalue weighted by Gasteiger charge is -2.23. The fourth-order valence-electron chi connectivity index (χ4n) is 3.98. The van der Waals surface area contributed by atoms with Crippen LogP contribution in [0.3, 0.4) is 0 Å². The van der Waals surface area contributed by atoms with E-state index in [1.807, 2.05) is 18.2 Å². The molecule has 0 spiro atoms. The van der Waals surface area contributed by atoms with E-state index in [1.54, 1.807) is 12.1 Å². The normalized spacial score (nSPS) is 12.2. The molecule has 1 aliphatic rings. The van der Waals surface area contributed by atoms with E-state index in [-0.39, 0.29) is 39.4 Å². The van der Waals surface area contributed by atoms with Crippen LogP contribution < -0.4 is 20.1 Å². The first-order valence-electron chi connectivity index (χ1n) is 10.3. The molecule has 0 atom stereocenters. The van der Waals surface area contributed by atoms with Crippen molar-refractivity contribution < 1.29 is 24.2 Å². The van der Waals surface area contributed by atoms with Crippen LogP contribution in [0.5, 0.6) is 23.0 Å². The number of phenols is 1. The number of nitrogens with zero attached hydrogens (tertiary/aromatic N) is 1. The molecule has 0 heterocycles. The molecule has 32 heavy (non-hydrogen) atoms. The van der Waals surface area contributed by atoms with Crippen molar-refractivity contribution in [2.45, 2.75) is 13.8 Å². The molecule has 0 amide bonds. The summed E-state index contributed by atoms with van der Waals surface area (Å²) in [6.07, 6.45) is 0. The molecule has 7 heteroatoms. The second kappa shape index (κ2) is 8.26. The standard InChI is InChI=1S/C25H24N2O5/c1-4-27(5-2)14-7-6-8-16(11-14)32-20-13-19(28)21-22(23(20)26)24(29)17-10-9-15(31-3)12-18(17)25(21)30/h6-13,28H,4-5,26H2,1-3H3. The summed E-state index contributed by atoms with van der Waals surface area (Å²) < 4.78 is 11.1. The maximum absolute atomic E-state index is 13.2. The van der Waals surface area contributed by atoms with Gasteiger partial charge in [-0.15, -0.1) is 0 Å². The summed E-state index contributed by atoms with van der Waals surface area (Å²) in [7, 11) is 1.47. The molecular formula is C25H24N2O5. The number of phenolic OH excluding ortho intramolecular Hbond substituents is 1. The van der Waals surface area contributed by atoms with Gasteiger partial charge in [0.25, 0.3) is 0 Å². The highest BCUT2D eigenvalue weighted by Crippen LogP contribution is 2.43. The van der Waals surface area contributed by atoms with Crippen LogP contribution in [-0.4, -0.2) is 36.9 Å². The third-order valence-corrected chi connectivity index (χ3v) is 5.65. The number of carbonyl (C=O) groups excluding carboxylic acids is 2. The molecule has 164 valence electrons. The fourth-order valence-corrected chi connectivity index (χ4v) is 3.98. The molecule has 3 aromatic rings. The number of hydrogen-bond donors (Lipinski definition) is 2. The Balaban J connectivity index is 1.78. The molecule has 7 nitrogen and oxygen atoms in total. The number of fused-ring (bicyclic) bond motifs is 2. The molecule has 0 unspecified atom stereocenters. The quantitative estimate of drug-likeness (QED) is 0.344. The topological polar surface area (TPSA) is 102 Å². The Morgan fingerprint density at radius 2 is 1.62 bits per heavy atom. The van der Waals surface area contributed by atoms with Gasteiger partial charge in [-0.25, -0.2) is 0 Å². The van der Waals surface area contributed by atoms with Gasteiger partial charge in [0.15, 0.2) is 17.3 Å². The van der Waals surface area contributed by atoms with Crippen molar-refractivity contribution in [3.05, 3.63) is 70.8 Å². The first-order chi connectivity index (χ1) is 15.4. The van der Waals surface area contributed by atoms with E-state index in [0.717, 1.165) is 18.8 Å². The van der Waals surface area contributed by atoms with Crippen molar-refractivity contribution >= 4 is 22.9 Å². The van der Waals surface area contributed by atoms with Gasteiger partial charge in [0.1, 0.15) is 17.2 Å². The average Bonchev–Trinajstić information content (AvgIpc) is 2.80. The zero-order valence-electron chi connectivity index (χ0n) is 18.1. The Bertz CT molecular complexity index is 1230. The molecule has 0 aliphatic heterocycles. The number of nitrogen functional groups attached to an aromatic ring is 1. The summed E-state index contributed by atoms with van der Waals surface area (Å²) in [5.41, 5.74) is 7.46. The van der Waals surface area contributed by atoms with Crippen LogP contribution in [0, 0.1) is 0 Å². The zero-order chi connectivity index (χ0) is 23.0. The number of hydrogen-bond acceptors (Lipinski definition) is 7. The molecule has 0 aromatic heterocycles. The lowest BCUT2D eigenvalue weighted by atomic mass is 9.82. The summed E-state index contributed by atoms with van der Waals surface area (Å²) in [6.45, 7) is 5.80. The summed E-state index contributed by atoms with van der Waals surface area (Å²) in [4.78, 5) is 28.4. The van der Waals surface area contributed by atoms with Crippen LogP contribution in [0.25, 0.3) is 0 Å². The number of ketones is 2. The van der Waals surface area contributed by atoms with Gasteiger partial charge in [-0.05, 0) is 44.2 Å².